The summed E-state index contributed by atoms with van der Waals surface area (Å²) in [5, 5.41) is 0. The number of aryl methyl sites for hydroxylation is 1. The second-order valence-electron chi connectivity index (χ2n) is 3.05. The van der Waals surface area contributed by atoms with Gasteiger partial charge in [-0.25, -0.2) is 0 Å². The zero-order chi connectivity index (χ0) is 7.68. The van der Waals surface area contributed by atoms with Gasteiger partial charge in [0.05, 0.1) is 5.69 Å². The number of aromatic nitrogens is 1. The lowest BCUT2D eigenvalue weighted by Gasteiger charge is -2.19. The van der Waals surface area contributed by atoms with Crippen LogP contribution in [0.15, 0.2) is 18.3 Å². The highest BCUT2D eigenvalue weighted by Gasteiger charge is 2.16. The number of nitrogens with zero attached hydrogens (tertiary/aromatic N) is 1. The van der Waals surface area contributed by atoms with Gasteiger partial charge in [0.15, 0.2) is 0 Å². The molecule has 13 heavy (non-hydrogen) atoms. The normalized spacial score (nSPS) is 19.3. The van der Waals surface area contributed by atoms with E-state index in [-0.39, 0.29) is 30.9 Å². The van der Waals surface area contributed by atoms with Gasteiger partial charge in [-0.15, -0.1) is 24.8 Å². The summed E-state index contributed by atoms with van der Waals surface area (Å²) < 4.78 is 0. The monoisotopic (exact) mass is 220 g/mol. The fraction of sp³-hybridized carbons (Fsp3) is 0.444. The molecule has 1 aromatic rings. The first-order chi connectivity index (χ1) is 5.38. The minimum absolute atomic E-state index is 0. The van der Waals surface area contributed by atoms with E-state index in [4.69, 9.17) is 5.73 Å². The summed E-state index contributed by atoms with van der Waals surface area (Å²) in [6.45, 7) is 0. The van der Waals surface area contributed by atoms with E-state index in [0.717, 1.165) is 18.5 Å². The van der Waals surface area contributed by atoms with Crippen LogP contribution in [0.25, 0.3) is 0 Å². The van der Waals surface area contributed by atoms with Crippen LogP contribution in [0, 0.1) is 0 Å². The fourth-order valence-corrected chi connectivity index (χ4v) is 1.65. The standard InChI is InChI=1S/C9H12N2.2ClH/c10-8-5-1-3-7-4-2-6-11-9(7)8;;/h2,4,6,8H,1,3,5,10H2;2*1H. The Morgan fingerprint density at radius 2 is 2.15 bits per heavy atom. The predicted octanol–water partition coefficient (Wildman–Crippen LogP) is 2.26. The Hall–Kier alpha value is -0.310. The molecule has 0 bridgehead atoms. The second kappa shape index (κ2) is 5.43. The quantitative estimate of drug-likeness (QED) is 0.729. The van der Waals surface area contributed by atoms with Crippen LogP contribution in [0.3, 0.4) is 0 Å². The maximum absolute atomic E-state index is 5.88. The number of halogens is 2. The van der Waals surface area contributed by atoms with Crippen LogP contribution in [0.4, 0.5) is 0 Å². The highest BCUT2D eigenvalue weighted by Crippen LogP contribution is 2.24. The third kappa shape index (κ3) is 2.56. The van der Waals surface area contributed by atoms with Crippen LogP contribution in [0.2, 0.25) is 0 Å². The largest absolute Gasteiger partial charge is 0.323 e. The van der Waals surface area contributed by atoms with Gasteiger partial charge in [0, 0.05) is 12.2 Å². The van der Waals surface area contributed by atoms with Crippen molar-refractivity contribution >= 4 is 24.8 Å². The summed E-state index contributed by atoms with van der Waals surface area (Å²) in [7, 11) is 0. The van der Waals surface area contributed by atoms with Crippen molar-refractivity contribution in [1.82, 2.24) is 4.98 Å². The van der Waals surface area contributed by atoms with E-state index in [9.17, 15) is 0 Å². The Labute approximate surface area is 90.8 Å². The minimum Gasteiger partial charge on any atom is -0.323 e. The topological polar surface area (TPSA) is 38.9 Å². The lowest BCUT2D eigenvalue weighted by Crippen LogP contribution is -2.18. The number of hydrogen-bond acceptors (Lipinski definition) is 2. The number of nitrogens with two attached hydrogens (primary N) is 1. The number of pyridine rings is 1. The summed E-state index contributed by atoms with van der Waals surface area (Å²) in [6, 6.07) is 4.29. The summed E-state index contributed by atoms with van der Waals surface area (Å²) in [4.78, 5) is 4.28. The smallest absolute Gasteiger partial charge is 0.0602 e. The van der Waals surface area contributed by atoms with Gasteiger partial charge in [-0.3, -0.25) is 4.98 Å². The fourth-order valence-electron chi connectivity index (χ4n) is 1.65. The molecule has 1 atom stereocenters. The summed E-state index contributed by atoms with van der Waals surface area (Å²) in [5.74, 6) is 0. The molecule has 0 fully saturated rings. The summed E-state index contributed by atoms with van der Waals surface area (Å²) in [5.41, 5.74) is 8.33. The van der Waals surface area contributed by atoms with Crippen molar-refractivity contribution < 1.29 is 0 Å². The minimum atomic E-state index is 0. The molecule has 2 nitrogen and oxygen atoms in total. The van der Waals surface area contributed by atoms with Crippen molar-refractivity contribution in [3.8, 4) is 0 Å². The van der Waals surface area contributed by atoms with Crippen molar-refractivity contribution in [1.29, 1.82) is 0 Å². The number of rotatable bonds is 0. The van der Waals surface area contributed by atoms with Gasteiger partial charge in [-0.05, 0) is 30.9 Å². The molecule has 0 aromatic carbocycles. The van der Waals surface area contributed by atoms with Crippen molar-refractivity contribution in [3.05, 3.63) is 29.6 Å². The van der Waals surface area contributed by atoms with E-state index in [1.165, 1.54) is 12.0 Å². The lowest BCUT2D eigenvalue weighted by molar-refractivity contribution is 0.554. The Kier molecular flexibility index (Phi) is 5.30. The predicted molar refractivity (Wildman–Crippen MR) is 58.6 cm³/mol. The van der Waals surface area contributed by atoms with Crippen LogP contribution < -0.4 is 5.73 Å². The summed E-state index contributed by atoms with van der Waals surface area (Å²) >= 11 is 0. The van der Waals surface area contributed by atoms with Crippen molar-refractivity contribution in [2.24, 2.45) is 5.73 Å². The molecule has 0 radical (unpaired) electrons. The van der Waals surface area contributed by atoms with Gasteiger partial charge >= 0.3 is 0 Å². The molecular formula is C9H14Cl2N2. The van der Waals surface area contributed by atoms with Crippen LogP contribution in [-0.2, 0) is 6.42 Å². The Morgan fingerprint density at radius 3 is 2.85 bits per heavy atom. The van der Waals surface area contributed by atoms with Crippen molar-refractivity contribution in [3.63, 3.8) is 0 Å². The van der Waals surface area contributed by atoms with Gasteiger partial charge in [-0.2, -0.15) is 0 Å². The molecule has 0 spiro atoms. The van der Waals surface area contributed by atoms with Crippen LogP contribution >= 0.6 is 24.8 Å². The molecule has 0 saturated heterocycles. The van der Waals surface area contributed by atoms with Gasteiger partial charge < -0.3 is 5.73 Å². The van der Waals surface area contributed by atoms with Crippen LogP contribution in [0.1, 0.15) is 30.1 Å². The van der Waals surface area contributed by atoms with Gasteiger partial charge in [-0.1, -0.05) is 6.07 Å². The Balaban J connectivity index is 0.000000720. The highest BCUT2D eigenvalue weighted by atomic mass is 35.5. The average Bonchev–Trinajstić information content (AvgIpc) is 2.06. The van der Waals surface area contributed by atoms with Gasteiger partial charge in [0.2, 0.25) is 0 Å². The lowest BCUT2D eigenvalue weighted by atomic mass is 9.93. The first-order valence-corrected chi connectivity index (χ1v) is 4.07. The highest BCUT2D eigenvalue weighted by molar-refractivity contribution is 5.85. The second-order valence-corrected chi connectivity index (χ2v) is 3.05. The van der Waals surface area contributed by atoms with E-state index in [2.05, 4.69) is 11.1 Å². The van der Waals surface area contributed by atoms with E-state index < -0.39 is 0 Å². The molecule has 2 N–H and O–H groups in total. The molecule has 1 aromatic heterocycles. The first-order valence-electron chi connectivity index (χ1n) is 4.07. The molecule has 2 rings (SSSR count). The SMILES string of the molecule is Cl.Cl.NC1CCCc2cccnc21. The Morgan fingerprint density at radius 1 is 1.38 bits per heavy atom. The molecule has 0 amide bonds. The van der Waals surface area contributed by atoms with E-state index in [1.54, 1.807) is 0 Å². The summed E-state index contributed by atoms with van der Waals surface area (Å²) in [6.07, 6.45) is 5.27. The van der Waals surface area contributed by atoms with Crippen molar-refractivity contribution in [2.75, 3.05) is 0 Å². The number of hydrogen-bond donors (Lipinski definition) is 1. The maximum atomic E-state index is 5.88. The maximum Gasteiger partial charge on any atom is 0.0602 e. The molecule has 1 unspecified atom stereocenters. The molecule has 1 heterocycles. The van der Waals surface area contributed by atoms with Crippen molar-refractivity contribution in [2.45, 2.75) is 25.3 Å². The van der Waals surface area contributed by atoms with Gasteiger partial charge in [0.25, 0.3) is 0 Å². The molecule has 0 aliphatic heterocycles. The van der Waals surface area contributed by atoms with E-state index in [1.807, 2.05) is 12.3 Å². The number of fused-ring (bicyclic) bond motifs is 1. The molecule has 0 saturated carbocycles. The molecule has 1 aliphatic carbocycles. The first kappa shape index (κ1) is 12.7. The average molecular weight is 221 g/mol. The molecular weight excluding hydrogens is 207 g/mol. The van der Waals surface area contributed by atoms with Crippen LogP contribution in [-0.4, -0.2) is 4.98 Å². The van der Waals surface area contributed by atoms with Crippen LogP contribution in [0.5, 0.6) is 0 Å². The third-order valence-corrected chi connectivity index (χ3v) is 2.24. The van der Waals surface area contributed by atoms with Gasteiger partial charge in [0.1, 0.15) is 0 Å². The van der Waals surface area contributed by atoms with E-state index in [0.29, 0.717) is 0 Å². The molecule has 74 valence electrons. The zero-order valence-corrected chi connectivity index (χ0v) is 8.90. The Bertz CT molecular complexity index is 266. The van der Waals surface area contributed by atoms with E-state index >= 15 is 0 Å². The zero-order valence-electron chi connectivity index (χ0n) is 7.27. The molecule has 1 aliphatic rings. The molecule has 4 heteroatoms. The third-order valence-electron chi connectivity index (χ3n) is 2.24.